The normalized spacial score (nSPS) is 11.0. The van der Waals surface area contributed by atoms with Crippen LogP contribution in [0.4, 0.5) is 0 Å². The van der Waals surface area contributed by atoms with Gasteiger partial charge in [-0.3, -0.25) is 9.48 Å². The average Bonchev–Trinajstić information content (AvgIpc) is 3.35. The van der Waals surface area contributed by atoms with Crippen molar-refractivity contribution in [3.8, 4) is 17.0 Å². The number of aryl methyl sites for hydroxylation is 2. The fourth-order valence-corrected chi connectivity index (χ4v) is 3.49. The third-order valence-corrected chi connectivity index (χ3v) is 5.06. The van der Waals surface area contributed by atoms with Gasteiger partial charge in [0.2, 0.25) is 0 Å². The molecule has 0 bridgehead atoms. The highest BCUT2D eigenvalue weighted by molar-refractivity contribution is 5.76. The van der Waals surface area contributed by atoms with E-state index in [-0.39, 0.29) is 19.0 Å². The van der Waals surface area contributed by atoms with E-state index >= 15 is 0 Å². The molecular formula is C23H24N4O3. The quantitative estimate of drug-likeness (QED) is 0.439. The Hall–Kier alpha value is -3.61. The molecule has 7 nitrogen and oxygen atoms in total. The number of carbonyl (C=O) groups excluding carboxylic acids is 1. The minimum Gasteiger partial charge on any atom is -0.496 e. The Morgan fingerprint density at radius 3 is 2.77 bits per heavy atom. The summed E-state index contributed by atoms with van der Waals surface area (Å²) in [4.78, 5) is 16.8. The largest absolute Gasteiger partial charge is 0.496 e. The average molecular weight is 404 g/mol. The van der Waals surface area contributed by atoms with Gasteiger partial charge in [0, 0.05) is 19.2 Å². The molecule has 0 amide bonds. The fourth-order valence-electron chi connectivity index (χ4n) is 3.49. The van der Waals surface area contributed by atoms with Gasteiger partial charge in [-0.05, 0) is 42.8 Å². The molecule has 4 rings (SSSR count). The van der Waals surface area contributed by atoms with Gasteiger partial charge in [0.05, 0.1) is 42.3 Å². The summed E-state index contributed by atoms with van der Waals surface area (Å²) in [6.45, 7) is 2.87. The Morgan fingerprint density at radius 2 is 1.97 bits per heavy atom. The van der Waals surface area contributed by atoms with E-state index in [0.29, 0.717) is 6.54 Å². The number of nitrogens with zero attached hydrogens (tertiary/aromatic N) is 4. The Bertz CT molecular complexity index is 1190. The summed E-state index contributed by atoms with van der Waals surface area (Å²) in [5.41, 5.74) is 5.32. The van der Waals surface area contributed by atoms with Crippen LogP contribution in [0.3, 0.4) is 0 Å². The summed E-state index contributed by atoms with van der Waals surface area (Å²) >= 11 is 0. The molecule has 2 heterocycles. The lowest BCUT2D eigenvalue weighted by Crippen LogP contribution is -2.12. The van der Waals surface area contributed by atoms with Crippen molar-refractivity contribution < 1.29 is 14.3 Å². The maximum atomic E-state index is 12.5. The molecule has 0 saturated heterocycles. The molecule has 0 unspecified atom stereocenters. The van der Waals surface area contributed by atoms with Crippen LogP contribution in [0.2, 0.25) is 0 Å². The Balaban J connectivity index is 1.46. The van der Waals surface area contributed by atoms with Crippen LogP contribution in [0.5, 0.6) is 5.75 Å². The molecule has 154 valence electrons. The molecule has 0 aliphatic rings. The van der Waals surface area contributed by atoms with E-state index in [9.17, 15) is 4.79 Å². The summed E-state index contributed by atoms with van der Waals surface area (Å²) in [6.07, 6.45) is 1.92. The summed E-state index contributed by atoms with van der Waals surface area (Å²) in [6, 6.07) is 15.5. The van der Waals surface area contributed by atoms with Crippen LogP contribution >= 0.6 is 0 Å². The van der Waals surface area contributed by atoms with Crippen LogP contribution in [0, 0.1) is 0 Å². The number of fused-ring (bicyclic) bond motifs is 1. The van der Waals surface area contributed by atoms with Crippen molar-refractivity contribution in [3.05, 3.63) is 66.1 Å². The van der Waals surface area contributed by atoms with Crippen molar-refractivity contribution >= 4 is 17.0 Å². The minimum absolute atomic E-state index is 0.155. The molecule has 0 aliphatic heterocycles. The Morgan fingerprint density at radius 1 is 1.13 bits per heavy atom. The number of esters is 1. The monoisotopic (exact) mass is 404 g/mol. The third kappa shape index (κ3) is 3.91. The molecule has 2 aromatic carbocycles. The number of benzene rings is 2. The van der Waals surface area contributed by atoms with Gasteiger partial charge in [-0.2, -0.15) is 5.10 Å². The topological polar surface area (TPSA) is 71.2 Å². The minimum atomic E-state index is -0.294. The van der Waals surface area contributed by atoms with Crippen molar-refractivity contribution in [1.29, 1.82) is 0 Å². The van der Waals surface area contributed by atoms with E-state index in [2.05, 4.69) is 10.1 Å². The van der Waals surface area contributed by atoms with E-state index in [4.69, 9.17) is 9.47 Å². The number of rotatable bonds is 7. The summed E-state index contributed by atoms with van der Waals surface area (Å²) in [5.74, 6) is 0.453. The molecule has 0 saturated carbocycles. The molecule has 0 spiro atoms. The first-order valence-electron chi connectivity index (χ1n) is 9.84. The molecule has 0 aliphatic carbocycles. The van der Waals surface area contributed by atoms with Crippen LogP contribution in [0.15, 0.2) is 54.9 Å². The molecule has 2 aromatic heterocycles. The first-order chi connectivity index (χ1) is 14.6. The van der Waals surface area contributed by atoms with Gasteiger partial charge in [0.1, 0.15) is 12.4 Å². The summed E-state index contributed by atoms with van der Waals surface area (Å²) in [7, 11) is 3.58. The fraction of sp³-hybridized carbons (Fsp3) is 0.261. The molecule has 0 atom stereocenters. The van der Waals surface area contributed by atoms with E-state index < -0.39 is 0 Å². The second-order valence-corrected chi connectivity index (χ2v) is 7.05. The highest BCUT2D eigenvalue weighted by Crippen LogP contribution is 2.29. The Labute approximate surface area is 174 Å². The molecular weight excluding hydrogens is 380 g/mol. The zero-order valence-corrected chi connectivity index (χ0v) is 17.3. The molecule has 7 heteroatoms. The number of para-hydroxylation sites is 1. The lowest BCUT2D eigenvalue weighted by molar-refractivity contribution is -0.144. The molecule has 0 fully saturated rings. The van der Waals surface area contributed by atoms with E-state index in [1.165, 1.54) is 0 Å². The molecule has 30 heavy (non-hydrogen) atoms. The maximum absolute atomic E-state index is 12.5. The van der Waals surface area contributed by atoms with Crippen LogP contribution in [-0.2, 0) is 36.2 Å². The highest BCUT2D eigenvalue weighted by atomic mass is 16.5. The highest BCUT2D eigenvalue weighted by Gasteiger charge is 2.16. The van der Waals surface area contributed by atoms with Crippen LogP contribution in [0.25, 0.3) is 22.3 Å². The maximum Gasteiger partial charge on any atom is 0.312 e. The van der Waals surface area contributed by atoms with Gasteiger partial charge in [-0.1, -0.05) is 18.2 Å². The second-order valence-electron chi connectivity index (χ2n) is 7.05. The van der Waals surface area contributed by atoms with Crippen LogP contribution in [-0.4, -0.2) is 32.4 Å². The third-order valence-electron chi connectivity index (χ3n) is 5.06. The van der Waals surface area contributed by atoms with Crippen molar-refractivity contribution in [2.75, 3.05) is 7.11 Å². The van der Waals surface area contributed by atoms with E-state index in [1.807, 2.05) is 71.8 Å². The molecule has 0 N–H and O–H groups in total. The van der Waals surface area contributed by atoms with Crippen LogP contribution < -0.4 is 4.74 Å². The van der Waals surface area contributed by atoms with Crippen molar-refractivity contribution in [2.24, 2.45) is 7.05 Å². The lowest BCUT2D eigenvalue weighted by Gasteiger charge is -2.06. The van der Waals surface area contributed by atoms with Gasteiger partial charge < -0.3 is 14.0 Å². The number of carbonyl (C=O) groups is 1. The number of hydrogen-bond donors (Lipinski definition) is 0. The standard InChI is InChI=1S/C23H24N4O3/c1-4-27-17(12-19(25-27)18-7-5-6-8-22(18)29-3)13-23(28)30-14-16-9-10-21-20(11-16)24-15-26(21)2/h5-12,15H,4,13-14H2,1-3H3. The van der Waals surface area contributed by atoms with Gasteiger partial charge in [0.15, 0.2) is 0 Å². The zero-order chi connectivity index (χ0) is 21.1. The lowest BCUT2D eigenvalue weighted by atomic mass is 10.1. The van der Waals surface area contributed by atoms with Gasteiger partial charge in [0.25, 0.3) is 0 Å². The number of ether oxygens (including phenoxy) is 2. The first-order valence-corrected chi connectivity index (χ1v) is 9.84. The Kier molecular flexibility index (Phi) is 5.52. The zero-order valence-electron chi connectivity index (χ0n) is 17.3. The smallest absolute Gasteiger partial charge is 0.312 e. The summed E-state index contributed by atoms with van der Waals surface area (Å²) in [5, 5.41) is 4.63. The molecule has 0 radical (unpaired) electrons. The first kappa shape index (κ1) is 19.7. The number of imidazole rings is 1. The predicted octanol–water partition coefficient (Wildman–Crippen LogP) is 3.75. The number of aromatic nitrogens is 4. The summed E-state index contributed by atoms with van der Waals surface area (Å²) < 4.78 is 14.7. The van der Waals surface area contributed by atoms with E-state index in [0.717, 1.165) is 39.3 Å². The van der Waals surface area contributed by atoms with Crippen LogP contribution in [0.1, 0.15) is 18.2 Å². The number of methoxy groups -OCH3 is 1. The van der Waals surface area contributed by atoms with Crippen molar-refractivity contribution in [3.63, 3.8) is 0 Å². The van der Waals surface area contributed by atoms with Gasteiger partial charge in [-0.15, -0.1) is 0 Å². The van der Waals surface area contributed by atoms with Crippen molar-refractivity contribution in [2.45, 2.75) is 26.5 Å². The predicted molar refractivity (Wildman–Crippen MR) is 114 cm³/mol. The number of hydrogen-bond acceptors (Lipinski definition) is 5. The second kappa shape index (κ2) is 8.41. The van der Waals surface area contributed by atoms with Gasteiger partial charge in [-0.25, -0.2) is 4.98 Å². The van der Waals surface area contributed by atoms with Crippen molar-refractivity contribution in [1.82, 2.24) is 19.3 Å². The van der Waals surface area contributed by atoms with E-state index in [1.54, 1.807) is 13.4 Å². The SMILES string of the molecule is CCn1nc(-c2ccccc2OC)cc1CC(=O)OCc1ccc2c(c1)ncn2C. The van der Waals surface area contributed by atoms with Gasteiger partial charge >= 0.3 is 5.97 Å². The molecule has 4 aromatic rings.